The number of rotatable bonds is 19. The lowest BCUT2D eigenvalue weighted by atomic mass is 9.96. The Bertz CT molecular complexity index is 2400. The normalized spacial score (nSPS) is 15.1. The molecule has 3 N–H and O–H groups in total. The second-order valence-corrected chi connectivity index (χ2v) is 17.8. The standard InChI is InChI=1S/C48H54ClN7O5S2/c1-34(9-8-21-49)47-46(45(48(57)58)35(2)52(47)3)36-10-7-11-40(31-36)55-25-23-54(24-26-55)39-16-14-37(15-17-39)51-63-42-18-19-43(44(32-42)56(59)60)50-38(20-22-53-27-29-61-30-28-53)33-62-41-12-5-4-6-13-41/h4-19,31-32,38,50-51H,1,20-30,33H2,2-3H3,(H,57,58)/b9-8-/t38-/m1/s1. The zero-order valence-electron chi connectivity index (χ0n) is 35.7. The van der Waals surface area contributed by atoms with Crippen molar-refractivity contribution in [2.24, 2.45) is 7.05 Å². The summed E-state index contributed by atoms with van der Waals surface area (Å²) in [5.41, 5.74) is 7.46. The van der Waals surface area contributed by atoms with Crippen LogP contribution in [0.5, 0.6) is 0 Å². The fraction of sp³-hybridized carbons (Fsp3) is 0.312. The Kier molecular flexibility index (Phi) is 15.8. The molecule has 1 aromatic heterocycles. The van der Waals surface area contributed by atoms with Gasteiger partial charge in [-0.05, 0) is 97.1 Å². The molecule has 15 heteroatoms. The largest absolute Gasteiger partial charge is 0.478 e. The maximum atomic E-state index is 12.5. The van der Waals surface area contributed by atoms with E-state index in [1.54, 1.807) is 23.9 Å². The maximum Gasteiger partial charge on any atom is 0.338 e. The molecule has 5 aromatic rings. The number of nitrogens with one attached hydrogen (secondary N) is 2. The summed E-state index contributed by atoms with van der Waals surface area (Å²) in [5.74, 6) is 0.138. The minimum atomic E-state index is -0.975. The van der Waals surface area contributed by atoms with E-state index in [1.807, 2.05) is 79.2 Å². The Morgan fingerprint density at radius 1 is 0.937 bits per heavy atom. The molecule has 63 heavy (non-hydrogen) atoms. The van der Waals surface area contributed by atoms with E-state index in [-0.39, 0.29) is 22.2 Å². The van der Waals surface area contributed by atoms with Gasteiger partial charge in [0.25, 0.3) is 5.69 Å². The fourth-order valence-electron chi connectivity index (χ4n) is 8.07. The highest BCUT2D eigenvalue weighted by Crippen LogP contribution is 2.38. The average molecular weight is 909 g/mol. The number of ether oxygens (including phenoxy) is 1. The smallest absolute Gasteiger partial charge is 0.338 e. The van der Waals surface area contributed by atoms with Crippen LogP contribution in [0.1, 0.15) is 28.2 Å². The molecule has 0 saturated carbocycles. The van der Waals surface area contributed by atoms with Crippen LogP contribution in [-0.4, -0.2) is 102 Å². The number of carboxylic acids is 1. The lowest BCUT2D eigenvalue weighted by Crippen LogP contribution is -2.46. The summed E-state index contributed by atoms with van der Waals surface area (Å²) in [6.07, 6.45) is 4.50. The van der Waals surface area contributed by atoms with Crippen molar-refractivity contribution in [2.75, 3.05) is 90.5 Å². The number of thioether (sulfide) groups is 1. The van der Waals surface area contributed by atoms with Gasteiger partial charge in [-0.3, -0.25) is 15.0 Å². The number of nitrogens with zero attached hydrogens (tertiary/aromatic N) is 5. The van der Waals surface area contributed by atoms with E-state index in [9.17, 15) is 20.0 Å². The summed E-state index contributed by atoms with van der Waals surface area (Å²) in [7, 11) is 1.87. The third-order valence-electron chi connectivity index (χ3n) is 11.5. The fourth-order valence-corrected chi connectivity index (χ4v) is 9.83. The number of hydrogen-bond acceptors (Lipinski definition) is 11. The minimum absolute atomic E-state index is 0.0309. The summed E-state index contributed by atoms with van der Waals surface area (Å²) < 4.78 is 10.8. The van der Waals surface area contributed by atoms with Crippen molar-refractivity contribution >= 4 is 75.3 Å². The number of carboxylic acid groups (broad SMARTS) is 1. The number of morpholine rings is 1. The van der Waals surface area contributed by atoms with Gasteiger partial charge in [0, 0.05) is 115 Å². The SMILES string of the molecule is C=C(/C=C\CCl)c1c(-c2cccc(N3CCN(c4ccc(NSc5ccc(N[C@H](CCN6CCOCC6)CSc6ccccc6)c([N+](=O)[O-])c5)cc4)CC3)c2)c(C(=O)O)c(C)n1C. The number of piperazine rings is 1. The molecule has 0 spiro atoms. The number of aromatic nitrogens is 1. The van der Waals surface area contributed by atoms with Crippen LogP contribution in [0.2, 0.25) is 0 Å². The monoisotopic (exact) mass is 907 g/mol. The number of allylic oxidation sites excluding steroid dienone is 3. The van der Waals surface area contributed by atoms with E-state index in [0.29, 0.717) is 28.4 Å². The Morgan fingerprint density at radius 2 is 1.65 bits per heavy atom. The van der Waals surface area contributed by atoms with Crippen molar-refractivity contribution < 1.29 is 19.6 Å². The molecule has 2 aliphatic heterocycles. The van der Waals surface area contributed by atoms with Crippen LogP contribution in [0.3, 0.4) is 0 Å². The number of carbonyl (C=O) groups is 1. The van der Waals surface area contributed by atoms with E-state index in [1.165, 1.54) is 16.8 Å². The van der Waals surface area contributed by atoms with Crippen molar-refractivity contribution in [3.05, 3.63) is 143 Å². The van der Waals surface area contributed by atoms with Gasteiger partial charge in [0.2, 0.25) is 0 Å². The van der Waals surface area contributed by atoms with Crippen LogP contribution < -0.4 is 19.8 Å². The number of halogens is 1. The van der Waals surface area contributed by atoms with Gasteiger partial charge in [0.15, 0.2) is 0 Å². The first-order valence-corrected chi connectivity index (χ1v) is 23.4. The highest BCUT2D eigenvalue weighted by atomic mass is 35.5. The molecule has 0 amide bonds. The van der Waals surface area contributed by atoms with Crippen LogP contribution >= 0.6 is 35.3 Å². The summed E-state index contributed by atoms with van der Waals surface area (Å²) in [4.78, 5) is 33.6. The zero-order chi connectivity index (χ0) is 44.3. The van der Waals surface area contributed by atoms with Crippen LogP contribution in [0, 0.1) is 17.0 Å². The number of nitro benzene ring substituents is 1. The summed E-state index contributed by atoms with van der Waals surface area (Å²) in [5, 5.41) is 26.2. The number of alkyl halides is 1. The third-order valence-corrected chi connectivity index (χ3v) is 13.7. The van der Waals surface area contributed by atoms with Crippen molar-refractivity contribution in [3.8, 4) is 11.1 Å². The molecule has 4 aromatic carbocycles. The molecule has 2 saturated heterocycles. The van der Waals surface area contributed by atoms with Crippen LogP contribution in [0.4, 0.5) is 28.4 Å². The van der Waals surface area contributed by atoms with Crippen LogP contribution in [-0.2, 0) is 11.8 Å². The van der Waals surface area contributed by atoms with Gasteiger partial charge < -0.3 is 34.2 Å². The predicted molar refractivity (Wildman–Crippen MR) is 261 cm³/mol. The van der Waals surface area contributed by atoms with E-state index < -0.39 is 5.97 Å². The highest BCUT2D eigenvalue weighted by molar-refractivity contribution is 8.00. The van der Waals surface area contributed by atoms with Gasteiger partial charge in [-0.15, -0.1) is 23.4 Å². The second kappa shape index (κ2) is 21.8. The number of hydrogen-bond donors (Lipinski definition) is 3. The molecule has 330 valence electrons. The summed E-state index contributed by atoms with van der Waals surface area (Å²) >= 11 is 9.02. The van der Waals surface area contributed by atoms with Gasteiger partial charge in [-0.2, -0.15) is 0 Å². The zero-order valence-corrected chi connectivity index (χ0v) is 38.1. The molecule has 0 aliphatic carbocycles. The number of benzene rings is 4. The molecule has 7 rings (SSSR count). The Balaban J connectivity index is 0.960. The second-order valence-electron chi connectivity index (χ2n) is 15.5. The van der Waals surface area contributed by atoms with Gasteiger partial charge in [0.05, 0.1) is 29.4 Å². The van der Waals surface area contributed by atoms with Crippen molar-refractivity contribution in [2.45, 2.75) is 29.2 Å². The predicted octanol–water partition coefficient (Wildman–Crippen LogP) is 10.2. The van der Waals surface area contributed by atoms with Crippen LogP contribution in [0.25, 0.3) is 16.7 Å². The first-order valence-electron chi connectivity index (χ1n) is 21.1. The summed E-state index contributed by atoms with van der Waals surface area (Å²) in [6.45, 7) is 13.4. The van der Waals surface area contributed by atoms with E-state index in [0.717, 1.165) is 104 Å². The Morgan fingerprint density at radius 3 is 2.33 bits per heavy atom. The van der Waals surface area contributed by atoms with Gasteiger partial charge >= 0.3 is 5.97 Å². The van der Waals surface area contributed by atoms with Crippen LogP contribution in [0.15, 0.2) is 126 Å². The molecule has 0 radical (unpaired) electrons. The first-order chi connectivity index (χ1) is 30.6. The van der Waals surface area contributed by atoms with Crippen molar-refractivity contribution in [1.82, 2.24) is 9.47 Å². The average Bonchev–Trinajstić information content (AvgIpc) is 3.59. The third kappa shape index (κ3) is 11.6. The highest BCUT2D eigenvalue weighted by Gasteiger charge is 2.27. The lowest BCUT2D eigenvalue weighted by Gasteiger charge is -2.37. The quantitative estimate of drug-likeness (QED) is 0.0182. The molecule has 1 atom stereocenters. The molecule has 0 unspecified atom stereocenters. The number of aromatic carboxylic acids is 1. The first kappa shape index (κ1) is 45.6. The minimum Gasteiger partial charge on any atom is -0.478 e. The molecular weight excluding hydrogens is 854 g/mol. The Hall–Kier alpha value is -5.38. The van der Waals surface area contributed by atoms with Crippen molar-refractivity contribution in [3.63, 3.8) is 0 Å². The lowest BCUT2D eigenvalue weighted by molar-refractivity contribution is -0.384. The topological polar surface area (TPSA) is 128 Å². The van der Waals surface area contributed by atoms with Gasteiger partial charge in [0.1, 0.15) is 5.69 Å². The molecule has 2 fully saturated rings. The van der Waals surface area contributed by atoms with Gasteiger partial charge in [-0.25, -0.2) is 4.79 Å². The number of nitro groups is 1. The number of anilines is 4. The van der Waals surface area contributed by atoms with Gasteiger partial charge in [-0.1, -0.05) is 49.1 Å². The Labute approximate surface area is 383 Å². The molecule has 0 bridgehead atoms. The molecular formula is C48H54ClN7O5S2. The molecule has 2 aliphatic rings. The van der Waals surface area contributed by atoms with E-state index in [2.05, 4.69) is 67.7 Å². The van der Waals surface area contributed by atoms with E-state index >= 15 is 0 Å². The molecule has 12 nitrogen and oxygen atoms in total. The molecule has 3 heterocycles. The summed E-state index contributed by atoms with van der Waals surface area (Å²) in [6, 6.07) is 32.0. The van der Waals surface area contributed by atoms with Crippen molar-refractivity contribution in [1.29, 1.82) is 0 Å². The maximum absolute atomic E-state index is 12.5. The van der Waals surface area contributed by atoms with E-state index in [4.69, 9.17) is 16.3 Å².